The zero-order valence-corrected chi connectivity index (χ0v) is 17.9. The number of nitro groups is 1. The third-order valence-corrected chi connectivity index (χ3v) is 5.34. The molecule has 2 aromatic carbocycles. The standard InChI is InChI=1S/C22H19N5O6/c1-30-15-8-11(9-16(31-2)20(15)32-3)19-18-17(12-6-4-5-7-14(12)27(28)29)13(10-23)21(24)33-22(18)26-25-19/h4-9,17H,24H2,1-3H3,(H,25,26)/t17-/m0/s1. The number of hydrogen-bond acceptors (Lipinski definition) is 9. The van der Waals surface area contributed by atoms with Crippen LogP contribution in [0, 0.1) is 21.4 Å². The molecule has 1 aromatic heterocycles. The van der Waals surface area contributed by atoms with Crippen LogP contribution >= 0.6 is 0 Å². The lowest BCUT2D eigenvalue weighted by Gasteiger charge is -2.24. The fourth-order valence-electron chi connectivity index (χ4n) is 3.90. The molecule has 3 N–H and O–H groups in total. The molecule has 0 spiro atoms. The molecular formula is C22H19N5O6. The molecule has 3 aromatic rings. The highest BCUT2D eigenvalue weighted by Gasteiger charge is 2.39. The van der Waals surface area contributed by atoms with Crippen LogP contribution in [0.3, 0.4) is 0 Å². The number of nitrogens with two attached hydrogens (primary N) is 1. The van der Waals surface area contributed by atoms with Crippen molar-refractivity contribution in [2.45, 2.75) is 5.92 Å². The number of H-pyrrole nitrogens is 1. The van der Waals surface area contributed by atoms with Crippen molar-refractivity contribution >= 4 is 5.69 Å². The summed E-state index contributed by atoms with van der Waals surface area (Å²) < 4.78 is 21.8. The molecule has 11 nitrogen and oxygen atoms in total. The lowest BCUT2D eigenvalue weighted by atomic mass is 9.82. The summed E-state index contributed by atoms with van der Waals surface area (Å²) in [4.78, 5) is 11.3. The Kier molecular flexibility index (Phi) is 5.49. The second-order valence-electron chi connectivity index (χ2n) is 6.97. The van der Waals surface area contributed by atoms with E-state index >= 15 is 0 Å². The molecule has 11 heteroatoms. The average Bonchev–Trinajstić information content (AvgIpc) is 3.25. The van der Waals surface area contributed by atoms with Crippen LogP contribution in [0.4, 0.5) is 5.69 Å². The van der Waals surface area contributed by atoms with Crippen molar-refractivity contribution in [3.63, 3.8) is 0 Å². The minimum atomic E-state index is -0.895. The van der Waals surface area contributed by atoms with E-state index in [2.05, 4.69) is 10.2 Å². The summed E-state index contributed by atoms with van der Waals surface area (Å²) in [5, 5.41) is 28.7. The Balaban J connectivity index is 2.01. The molecule has 0 radical (unpaired) electrons. The van der Waals surface area contributed by atoms with Crippen LogP contribution in [-0.2, 0) is 0 Å². The van der Waals surface area contributed by atoms with Gasteiger partial charge in [0.25, 0.3) is 5.69 Å². The summed E-state index contributed by atoms with van der Waals surface area (Å²) in [5.74, 6) is 0.225. The molecular weight excluding hydrogens is 430 g/mol. The molecule has 2 heterocycles. The first-order chi connectivity index (χ1) is 15.9. The van der Waals surface area contributed by atoms with Gasteiger partial charge in [-0.3, -0.25) is 15.2 Å². The molecule has 0 unspecified atom stereocenters. The summed E-state index contributed by atoms with van der Waals surface area (Å²) >= 11 is 0. The minimum Gasteiger partial charge on any atom is -0.493 e. The quantitative estimate of drug-likeness (QED) is 0.425. The van der Waals surface area contributed by atoms with Crippen molar-refractivity contribution in [2.75, 3.05) is 21.3 Å². The van der Waals surface area contributed by atoms with Gasteiger partial charge in [-0.15, -0.1) is 5.10 Å². The summed E-state index contributed by atoms with van der Waals surface area (Å²) in [7, 11) is 4.46. The Hall–Kier alpha value is -4.72. The highest BCUT2D eigenvalue weighted by atomic mass is 16.6. The van der Waals surface area contributed by atoms with Crippen molar-refractivity contribution in [2.24, 2.45) is 5.73 Å². The van der Waals surface area contributed by atoms with Gasteiger partial charge in [-0.05, 0) is 12.1 Å². The van der Waals surface area contributed by atoms with Gasteiger partial charge in [0.1, 0.15) is 11.6 Å². The van der Waals surface area contributed by atoms with Gasteiger partial charge < -0.3 is 24.7 Å². The smallest absolute Gasteiger partial charge is 0.273 e. The van der Waals surface area contributed by atoms with E-state index in [4.69, 9.17) is 24.7 Å². The van der Waals surface area contributed by atoms with Gasteiger partial charge in [-0.25, -0.2) is 0 Å². The number of hydrogen-bond donors (Lipinski definition) is 2. The predicted molar refractivity (Wildman–Crippen MR) is 116 cm³/mol. The number of rotatable bonds is 6. The molecule has 0 bridgehead atoms. The number of allylic oxidation sites excluding steroid dienone is 1. The summed E-state index contributed by atoms with van der Waals surface area (Å²) in [6.07, 6.45) is 0. The Morgan fingerprint density at radius 3 is 2.42 bits per heavy atom. The Bertz CT molecular complexity index is 1300. The van der Waals surface area contributed by atoms with E-state index in [1.807, 2.05) is 6.07 Å². The van der Waals surface area contributed by atoms with E-state index in [1.54, 1.807) is 30.3 Å². The minimum absolute atomic E-state index is 0.0342. The fraction of sp³-hybridized carbons (Fsp3) is 0.182. The van der Waals surface area contributed by atoms with Gasteiger partial charge in [0.05, 0.1) is 43.4 Å². The maximum atomic E-state index is 11.8. The van der Waals surface area contributed by atoms with E-state index in [9.17, 15) is 15.4 Å². The van der Waals surface area contributed by atoms with Crippen molar-refractivity contribution in [1.82, 2.24) is 10.2 Å². The molecule has 1 aliphatic heterocycles. The maximum absolute atomic E-state index is 11.8. The average molecular weight is 449 g/mol. The second kappa shape index (κ2) is 8.43. The topological polar surface area (TPSA) is 159 Å². The normalized spacial score (nSPS) is 14.7. The number of methoxy groups -OCH3 is 3. The van der Waals surface area contributed by atoms with E-state index in [0.29, 0.717) is 34.1 Å². The van der Waals surface area contributed by atoms with Crippen LogP contribution in [0.5, 0.6) is 23.1 Å². The van der Waals surface area contributed by atoms with Gasteiger partial charge in [0, 0.05) is 17.2 Å². The van der Waals surface area contributed by atoms with Crippen LogP contribution in [0.1, 0.15) is 17.0 Å². The lowest BCUT2D eigenvalue weighted by molar-refractivity contribution is -0.385. The number of nitrogens with zero attached hydrogens (tertiary/aromatic N) is 3. The van der Waals surface area contributed by atoms with E-state index in [0.717, 1.165) is 0 Å². The van der Waals surface area contributed by atoms with Crippen molar-refractivity contribution in [1.29, 1.82) is 5.26 Å². The van der Waals surface area contributed by atoms with Crippen molar-refractivity contribution in [3.8, 4) is 40.5 Å². The van der Waals surface area contributed by atoms with Crippen molar-refractivity contribution < 1.29 is 23.9 Å². The van der Waals surface area contributed by atoms with Gasteiger partial charge >= 0.3 is 0 Å². The van der Waals surface area contributed by atoms with E-state index in [1.165, 1.54) is 27.4 Å². The number of aromatic nitrogens is 2. The second-order valence-corrected chi connectivity index (χ2v) is 6.97. The van der Waals surface area contributed by atoms with Gasteiger partial charge in [-0.1, -0.05) is 18.2 Å². The highest BCUT2D eigenvalue weighted by molar-refractivity contribution is 5.75. The molecule has 168 valence electrons. The Morgan fingerprint density at radius 2 is 1.85 bits per heavy atom. The summed E-state index contributed by atoms with van der Waals surface area (Å²) in [6.45, 7) is 0. The van der Waals surface area contributed by atoms with Gasteiger partial charge in [0.15, 0.2) is 11.5 Å². The number of nitriles is 1. The lowest BCUT2D eigenvalue weighted by Crippen LogP contribution is -2.21. The third-order valence-electron chi connectivity index (χ3n) is 5.34. The number of ether oxygens (including phenoxy) is 4. The maximum Gasteiger partial charge on any atom is 0.273 e. The number of benzene rings is 2. The first-order valence-electron chi connectivity index (χ1n) is 9.64. The van der Waals surface area contributed by atoms with Crippen molar-refractivity contribution in [3.05, 3.63) is 69.1 Å². The summed E-state index contributed by atoms with van der Waals surface area (Å²) in [6, 6.07) is 11.6. The van der Waals surface area contributed by atoms with Gasteiger partial charge in [0.2, 0.25) is 17.5 Å². The monoisotopic (exact) mass is 449 g/mol. The first kappa shape index (κ1) is 21.5. The van der Waals surface area contributed by atoms with E-state index in [-0.39, 0.29) is 28.6 Å². The SMILES string of the molecule is COc1cc(-c2[nH]nc3c2[C@@H](c2ccccc2[N+](=O)[O-])C(C#N)=C(N)O3)cc(OC)c1OC. The zero-order valence-electron chi connectivity index (χ0n) is 17.9. The fourth-order valence-corrected chi connectivity index (χ4v) is 3.90. The molecule has 4 rings (SSSR count). The number of nitrogens with one attached hydrogen (secondary N) is 1. The zero-order chi connectivity index (χ0) is 23.7. The predicted octanol–water partition coefficient (Wildman–Crippen LogP) is 3.23. The van der Waals surface area contributed by atoms with Gasteiger partial charge in [-0.2, -0.15) is 5.26 Å². The van der Waals surface area contributed by atoms with Crippen LogP contribution in [0.25, 0.3) is 11.3 Å². The molecule has 0 amide bonds. The largest absolute Gasteiger partial charge is 0.493 e. The van der Waals surface area contributed by atoms with Crippen LogP contribution in [-0.4, -0.2) is 36.5 Å². The van der Waals surface area contributed by atoms with E-state index < -0.39 is 10.8 Å². The van der Waals surface area contributed by atoms with Crippen LogP contribution < -0.4 is 24.7 Å². The molecule has 0 saturated carbocycles. The molecule has 0 saturated heterocycles. The summed E-state index contributed by atoms with van der Waals surface area (Å²) in [5.41, 5.74) is 7.59. The third kappa shape index (κ3) is 3.43. The number of para-hydroxylation sites is 1. The Labute approximate surface area is 188 Å². The highest BCUT2D eigenvalue weighted by Crippen LogP contribution is 2.49. The molecule has 1 aliphatic rings. The van der Waals surface area contributed by atoms with Crippen LogP contribution in [0.2, 0.25) is 0 Å². The molecule has 0 fully saturated rings. The number of fused-ring (bicyclic) bond motifs is 1. The van der Waals surface area contributed by atoms with Crippen LogP contribution in [0.15, 0.2) is 47.9 Å². The molecule has 33 heavy (non-hydrogen) atoms. The first-order valence-corrected chi connectivity index (χ1v) is 9.64. The Morgan fingerprint density at radius 1 is 1.18 bits per heavy atom. The number of nitro benzene ring substituents is 1. The molecule has 1 atom stereocenters. The molecule has 0 aliphatic carbocycles. The number of aromatic amines is 1.